The summed E-state index contributed by atoms with van der Waals surface area (Å²) in [6, 6.07) is 0. The van der Waals surface area contributed by atoms with E-state index in [9.17, 15) is 9.59 Å². The van der Waals surface area contributed by atoms with Crippen LogP contribution in [0.25, 0.3) is 0 Å². The summed E-state index contributed by atoms with van der Waals surface area (Å²) in [5, 5.41) is 11.0. The highest BCUT2D eigenvalue weighted by molar-refractivity contribution is 5.68. The van der Waals surface area contributed by atoms with E-state index in [1.807, 2.05) is 0 Å². The van der Waals surface area contributed by atoms with E-state index in [0.29, 0.717) is 6.29 Å². The Bertz CT molecular complexity index is 185. The molecule has 0 saturated carbocycles. The minimum atomic E-state index is -1.17. The van der Waals surface area contributed by atoms with Gasteiger partial charge in [-0.3, -0.25) is 0 Å². The fourth-order valence-corrected chi connectivity index (χ4v) is 0.550. The molecule has 1 atom stereocenters. The van der Waals surface area contributed by atoms with Crippen molar-refractivity contribution in [3.05, 3.63) is 0 Å². The van der Waals surface area contributed by atoms with Crippen LogP contribution in [-0.2, 0) is 9.53 Å². The van der Waals surface area contributed by atoms with Crippen molar-refractivity contribution >= 4 is 12.4 Å². The summed E-state index contributed by atoms with van der Waals surface area (Å²) in [5.41, 5.74) is -0.573. The van der Waals surface area contributed by atoms with Gasteiger partial charge >= 0.3 is 6.09 Å². The minimum Gasteiger partial charge on any atom is -0.444 e. The summed E-state index contributed by atoms with van der Waals surface area (Å²) in [6.07, 6.45) is -1.47. The summed E-state index contributed by atoms with van der Waals surface area (Å²) >= 11 is 0. The van der Waals surface area contributed by atoms with Crippen LogP contribution in [0.2, 0.25) is 0 Å². The molecule has 0 radical (unpaired) electrons. The monoisotopic (exact) mass is 189 g/mol. The fraction of sp³-hybridized carbons (Fsp3) is 0.750. The number of nitrogens with one attached hydrogen (secondary N) is 1. The molecule has 0 aliphatic heterocycles. The van der Waals surface area contributed by atoms with Gasteiger partial charge in [0.2, 0.25) is 0 Å². The molecular weight excluding hydrogens is 174 g/mol. The molecular formula is C8H15NO4. The Balaban J connectivity index is 3.70. The zero-order chi connectivity index (χ0) is 10.5. The number of carbonyl (C=O) groups is 2. The number of aliphatic hydroxyl groups excluding tert-OH is 1. The maximum atomic E-state index is 10.9. The van der Waals surface area contributed by atoms with Crippen molar-refractivity contribution in [1.29, 1.82) is 0 Å². The Hall–Kier alpha value is -1.10. The molecule has 0 aromatic rings. The van der Waals surface area contributed by atoms with E-state index >= 15 is 0 Å². The highest BCUT2D eigenvalue weighted by Gasteiger charge is 2.16. The number of aliphatic hydroxyl groups is 1. The zero-order valence-electron chi connectivity index (χ0n) is 8.03. The van der Waals surface area contributed by atoms with Crippen LogP contribution in [0.1, 0.15) is 20.8 Å². The second-order valence-corrected chi connectivity index (χ2v) is 3.59. The number of amides is 1. The van der Waals surface area contributed by atoms with Crippen LogP contribution in [0.15, 0.2) is 0 Å². The maximum absolute atomic E-state index is 10.9. The number of ether oxygens (including phenoxy) is 1. The molecule has 0 spiro atoms. The molecule has 0 aromatic heterocycles. The molecule has 5 nitrogen and oxygen atoms in total. The number of carbonyl (C=O) groups excluding carboxylic acids is 2. The van der Waals surface area contributed by atoms with E-state index in [1.165, 1.54) is 0 Å². The first-order valence-corrected chi connectivity index (χ1v) is 3.95. The highest BCUT2D eigenvalue weighted by Crippen LogP contribution is 2.06. The summed E-state index contributed by atoms with van der Waals surface area (Å²) in [6.45, 7) is 5.05. The third-order valence-electron chi connectivity index (χ3n) is 1.01. The van der Waals surface area contributed by atoms with Gasteiger partial charge in [0.05, 0.1) is 6.54 Å². The molecule has 5 heteroatoms. The van der Waals surface area contributed by atoms with E-state index in [-0.39, 0.29) is 6.54 Å². The number of aldehydes is 1. The van der Waals surface area contributed by atoms with Crippen molar-refractivity contribution in [2.75, 3.05) is 6.54 Å². The molecule has 13 heavy (non-hydrogen) atoms. The summed E-state index contributed by atoms with van der Waals surface area (Å²) in [5.74, 6) is 0. The molecule has 0 aliphatic rings. The van der Waals surface area contributed by atoms with Crippen LogP contribution in [0.4, 0.5) is 4.79 Å². The molecule has 0 heterocycles. The van der Waals surface area contributed by atoms with Crippen molar-refractivity contribution in [3.8, 4) is 0 Å². The second kappa shape index (κ2) is 4.81. The van der Waals surface area contributed by atoms with Gasteiger partial charge < -0.3 is 20.0 Å². The Morgan fingerprint density at radius 1 is 1.62 bits per heavy atom. The van der Waals surface area contributed by atoms with Crippen LogP contribution in [0.3, 0.4) is 0 Å². The van der Waals surface area contributed by atoms with Gasteiger partial charge in [0.15, 0.2) is 0 Å². The molecule has 0 fully saturated rings. The average molecular weight is 189 g/mol. The lowest BCUT2D eigenvalue weighted by Gasteiger charge is -2.19. The van der Waals surface area contributed by atoms with Gasteiger partial charge in [0.25, 0.3) is 0 Å². The lowest BCUT2D eigenvalue weighted by atomic mass is 10.2. The Kier molecular flexibility index (Phi) is 4.40. The molecule has 0 bridgehead atoms. The quantitative estimate of drug-likeness (QED) is 0.616. The summed E-state index contributed by atoms with van der Waals surface area (Å²) < 4.78 is 4.86. The predicted molar refractivity (Wildman–Crippen MR) is 46.3 cm³/mol. The predicted octanol–water partition coefficient (Wildman–Crippen LogP) is 0.0709. The number of alkyl carbamates (subject to hydrolysis) is 1. The number of hydrogen-bond acceptors (Lipinski definition) is 4. The highest BCUT2D eigenvalue weighted by atomic mass is 16.6. The van der Waals surface area contributed by atoms with Gasteiger partial charge in [-0.15, -0.1) is 0 Å². The van der Waals surface area contributed by atoms with Crippen LogP contribution >= 0.6 is 0 Å². The molecule has 0 unspecified atom stereocenters. The summed E-state index contributed by atoms with van der Waals surface area (Å²) in [4.78, 5) is 20.9. The van der Waals surface area contributed by atoms with Crippen molar-refractivity contribution in [2.45, 2.75) is 32.5 Å². The lowest BCUT2D eigenvalue weighted by molar-refractivity contribution is -0.114. The third kappa shape index (κ3) is 7.27. The molecule has 2 N–H and O–H groups in total. The topological polar surface area (TPSA) is 75.6 Å². The van der Waals surface area contributed by atoms with Crippen molar-refractivity contribution in [2.24, 2.45) is 0 Å². The SMILES string of the molecule is CC(C)(C)OC(=O)NC[C@@H](O)C=O. The molecule has 76 valence electrons. The average Bonchev–Trinajstić information content (AvgIpc) is 1.97. The maximum Gasteiger partial charge on any atom is 0.407 e. The molecule has 0 rings (SSSR count). The van der Waals surface area contributed by atoms with Crippen LogP contribution < -0.4 is 5.32 Å². The lowest BCUT2D eigenvalue weighted by Crippen LogP contribution is -2.37. The van der Waals surface area contributed by atoms with E-state index in [4.69, 9.17) is 9.84 Å². The van der Waals surface area contributed by atoms with Gasteiger partial charge in [-0.1, -0.05) is 0 Å². The Morgan fingerprint density at radius 2 is 2.15 bits per heavy atom. The van der Waals surface area contributed by atoms with Gasteiger partial charge in [0.1, 0.15) is 18.0 Å². The van der Waals surface area contributed by atoms with Gasteiger partial charge in [-0.05, 0) is 20.8 Å². The van der Waals surface area contributed by atoms with Gasteiger partial charge in [-0.2, -0.15) is 0 Å². The zero-order valence-corrected chi connectivity index (χ0v) is 8.03. The fourth-order valence-electron chi connectivity index (χ4n) is 0.550. The first-order valence-electron chi connectivity index (χ1n) is 3.95. The first-order chi connectivity index (χ1) is 5.85. The van der Waals surface area contributed by atoms with Gasteiger partial charge in [-0.25, -0.2) is 4.79 Å². The van der Waals surface area contributed by atoms with Crippen LogP contribution in [0, 0.1) is 0 Å². The van der Waals surface area contributed by atoms with Crippen molar-refractivity contribution < 1.29 is 19.4 Å². The summed E-state index contributed by atoms with van der Waals surface area (Å²) in [7, 11) is 0. The molecule has 1 amide bonds. The van der Waals surface area contributed by atoms with E-state index in [2.05, 4.69) is 5.32 Å². The van der Waals surface area contributed by atoms with E-state index in [0.717, 1.165) is 0 Å². The molecule has 0 aromatic carbocycles. The largest absolute Gasteiger partial charge is 0.444 e. The normalized spacial score (nSPS) is 13.2. The standard InChI is InChI=1S/C8H15NO4/c1-8(2,3)13-7(12)9-4-6(11)5-10/h5-6,11H,4H2,1-3H3,(H,9,12)/t6-/m1/s1. The third-order valence-corrected chi connectivity index (χ3v) is 1.01. The number of rotatable bonds is 3. The number of hydrogen-bond donors (Lipinski definition) is 2. The minimum absolute atomic E-state index is 0.127. The van der Waals surface area contributed by atoms with Crippen LogP contribution in [0.5, 0.6) is 0 Å². The molecule has 0 aliphatic carbocycles. The van der Waals surface area contributed by atoms with E-state index < -0.39 is 17.8 Å². The Morgan fingerprint density at radius 3 is 2.54 bits per heavy atom. The first kappa shape index (κ1) is 11.9. The smallest absolute Gasteiger partial charge is 0.407 e. The van der Waals surface area contributed by atoms with E-state index in [1.54, 1.807) is 20.8 Å². The Labute approximate surface area is 77.1 Å². The second-order valence-electron chi connectivity index (χ2n) is 3.59. The van der Waals surface area contributed by atoms with Crippen molar-refractivity contribution in [3.63, 3.8) is 0 Å². The van der Waals surface area contributed by atoms with Crippen LogP contribution in [-0.4, -0.2) is 35.7 Å². The van der Waals surface area contributed by atoms with Gasteiger partial charge in [0, 0.05) is 0 Å². The van der Waals surface area contributed by atoms with Crippen molar-refractivity contribution in [1.82, 2.24) is 5.32 Å². The molecule has 0 saturated heterocycles.